The highest BCUT2D eigenvalue weighted by Gasteiger charge is 2.08. The lowest BCUT2D eigenvalue weighted by Crippen LogP contribution is -2.07. The molecular formula is C13H17NO. The third-order valence-electron chi connectivity index (χ3n) is 2.89. The Hall–Kier alpha value is -1.28. The summed E-state index contributed by atoms with van der Waals surface area (Å²) in [6, 6.07) is 8.48. The van der Waals surface area contributed by atoms with Crippen LogP contribution in [-0.4, -0.2) is 17.8 Å². The lowest BCUT2D eigenvalue weighted by molar-refractivity contribution is 0.119. The summed E-state index contributed by atoms with van der Waals surface area (Å²) >= 11 is 0. The molecule has 2 aromatic rings. The van der Waals surface area contributed by atoms with Crippen LogP contribution in [0.3, 0.4) is 0 Å². The standard InChI is InChI=1S/C13H17NO/c1-10(15-3)8-11-9-14(2)13-7-5-4-6-12(11)13/h4-7,9-10H,8H2,1-3H3. The first-order valence-electron chi connectivity index (χ1n) is 5.28. The highest BCUT2D eigenvalue weighted by atomic mass is 16.5. The number of hydrogen-bond acceptors (Lipinski definition) is 1. The van der Waals surface area contributed by atoms with Crippen molar-refractivity contribution in [1.82, 2.24) is 4.57 Å². The van der Waals surface area contributed by atoms with Gasteiger partial charge in [-0.1, -0.05) is 18.2 Å². The largest absolute Gasteiger partial charge is 0.381 e. The van der Waals surface area contributed by atoms with E-state index in [4.69, 9.17) is 4.74 Å². The predicted octanol–water partition coefficient (Wildman–Crippen LogP) is 2.76. The molecule has 1 heterocycles. The van der Waals surface area contributed by atoms with Crippen molar-refractivity contribution >= 4 is 10.9 Å². The third kappa shape index (κ3) is 1.90. The minimum atomic E-state index is 0.274. The molecule has 0 aliphatic heterocycles. The number of nitrogens with zero attached hydrogens (tertiary/aromatic N) is 1. The molecule has 0 amide bonds. The van der Waals surface area contributed by atoms with Crippen LogP contribution in [0.1, 0.15) is 12.5 Å². The lowest BCUT2D eigenvalue weighted by Gasteiger charge is -2.07. The molecule has 0 bridgehead atoms. The Kier molecular flexibility index (Phi) is 2.78. The van der Waals surface area contributed by atoms with Gasteiger partial charge in [0.1, 0.15) is 0 Å². The molecule has 0 aliphatic carbocycles. The smallest absolute Gasteiger partial charge is 0.0584 e. The van der Waals surface area contributed by atoms with E-state index in [-0.39, 0.29) is 6.10 Å². The van der Waals surface area contributed by atoms with E-state index in [1.165, 1.54) is 16.5 Å². The summed E-state index contributed by atoms with van der Waals surface area (Å²) in [5.74, 6) is 0. The van der Waals surface area contributed by atoms with Crippen LogP contribution in [0.15, 0.2) is 30.5 Å². The number of methoxy groups -OCH3 is 1. The molecule has 1 aromatic heterocycles. The zero-order chi connectivity index (χ0) is 10.8. The number of ether oxygens (including phenoxy) is 1. The zero-order valence-electron chi connectivity index (χ0n) is 9.53. The van der Waals surface area contributed by atoms with Gasteiger partial charge in [-0.15, -0.1) is 0 Å². The second-order valence-corrected chi connectivity index (χ2v) is 4.03. The van der Waals surface area contributed by atoms with Crippen molar-refractivity contribution in [3.05, 3.63) is 36.0 Å². The van der Waals surface area contributed by atoms with Gasteiger partial charge in [-0.25, -0.2) is 0 Å². The molecule has 0 saturated heterocycles. The Balaban J connectivity index is 2.43. The van der Waals surface area contributed by atoms with Crippen molar-refractivity contribution in [2.75, 3.05) is 7.11 Å². The van der Waals surface area contributed by atoms with Crippen molar-refractivity contribution in [2.24, 2.45) is 7.05 Å². The van der Waals surface area contributed by atoms with Gasteiger partial charge in [0, 0.05) is 37.7 Å². The van der Waals surface area contributed by atoms with Crippen molar-refractivity contribution in [3.63, 3.8) is 0 Å². The first-order valence-corrected chi connectivity index (χ1v) is 5.28. The second kappa shape index (κ2) is 4.07. The summed E-state index contributed by atoms with van der Waals surface area (Å²) in [7, 11) is 3.85. The van der Waals surface area contributed by atoms with Crippen LogP contribution in [0, 0.1) is 0 Å². The summed E-state index contributed by atoms with van der Waals surface area (Å²) in [6.07, 6.45) is 3.44. The summed E-state index contributed by atoms with van der Waals surface area (Å²) < 4.78 is 7.48. The fraction of sp³-hybridized carbons (Fsp3) is 0.385. The normalized spacial score (nSPS) is 13.3. The number of fused-ring (bicyclic) bond motifs is 1. The van der Waals surface area contributed by atoms with Crippen LogP contribution in [0.4, 0.5) is 0 Å². The Morgan fingerprint density at radius 1 is 1.33 bits per heavy atom. The van der Waals surface area contributed by atoms with Crippen LogP contribution in [-0.2, 0) is 18.2 Å². The lowest BCUT2D eigenvalue weighted by atomic mass is 10.1. The quantitative estimate of drug-likeness (QED) is 0.748. The van der Waals surface area contributed by atoms with Crippen molar-refractivity contribution in [1.29, 1.82) is 0 Å². The van der Waals surface area contributed by atoms with Gasteiger partial charge in [-0.2, -0.15) is 0 Å². The summed E-state index contributed by atoms with van der Waals surface area (Å²) in [6.45, 7) is 2.10. The van der Waals surface area contributed by atoms with E-state index in [1.54, 1.807) is 7.11 Å². The molecule has 0 N–H and O–H groups in total. The van der Waals surface area contributed by atoms with E-state index in [0.717, 1.165) is 6.42 Å². The van der Waals surface area contributed by atoms with Gasteiger partial charge in [-0.05, 0) is 18.6 Å². The molecule has 80 valence electrons. The highest BCUT2D eigenvalue weighted by molar-refractivity contribution is 5.83. The molecule has 0 fully saturated rings. The summed E-state index contributed by atoms with van der Waals surface area (Å²) in [5.41, 5.74) is 2.65. The molecule has 2 nitrogen and oxygen atoms in total. The van der Waals surface area contributed by atoms with Gasteiger partial charge in [0.2, 0.25) is 0 Å². The van der Waals surface area contributed by atoms with Gasteiger partial charge >= 0.3 is 0 Å². The molecule has 0 radical (unpaired) electrons. The van der Waals surface area contributed by atoms with E-state index in [2.05, 4.69) is 49.0 Å². The van der Waals surface area contributed by atoms with E-state index in [1.807, 2.05) is 0 Å². The zero-order valence-corrected chi connectivity index (χ0v) is 9.53. The SMILES string of the molecule is COC(C)Cc1cn(C)c2ccccc12. The molecular weight excluding hydrogens is 186 g/mol. The van der Waals surface area contributed by atoms with Gasteiger partial charge < -0.3 is 9.30 Å². The molecule has 1 aromatic carbocycles. The Labute approximate surface area is 90.5 Å². The second-order valence-electron chi connectivity index (χ2n) is 4.03. The Morgan fingerprint density at radius 3 is 2.80 bits per heavy atom. The maximum absolute atomic E-state index is 5.30. The van der Waals surface area contributed by atoms with E-state index >= 15 is 0 Å². The average molecular weight is 203 g/mol. The molecule has 0 aliphatic rings. The van der Waals surface area contributed by atoms with Crippen molar-refractivity contribution in [3.8, 4) is 0 Å². The van der Waals surface area contributed by atoms with Crippen LogP contribution >= 0.6 is 0 Å². The van der Waals surface area contributed by atoms with Crippen molar-refractivity contribution in [2.45, 2.75) is 19.4 Å². The maximum Gasteiger partial charge on any atom is 0.0584 e. The molecule has 0 spiro atoms. The van der Waals surface area contributed by atoms with Gasteiger partial charge in [-0.3, -0.25) is 0 Å². The minimum Gasteiger partial charge on any atom is -0.381 e. The van der Waals surface area contributed by atoms with E-state index in [0.29, 0.717) is 0 Å². The molecule has 1 unspecified atom stereocenters. The van der Waals surface area contributed by atoms with Gasteiger partial charge in [0.25, 0.3) is 0 Å². The van der Waals surface area contributed by atoms with Gasteiger partial charge in [0.05, 0.1) is 6.10 Å². The van der Waals surface area contributed by atoms with Crippen LogP contribution in [0.2, 0.25) is 0 Å². The third-order valence-corrected chi connectivity index (χ3v) is 2.89. The summed E-state index contributed by atoms with van der Waals surface area (Å²) in [4.78, 5) is 0. The molecule has 2 rings (SSSR count). The fourth-order valence-corrected chi connectivity index (χ4v) is 1.98. The highest BCUT2D eigenvalue weighted by Crippen LogP contribution is 2.21. The molecule has 15 heavy (non-hydrogen) atoms. The average Bonchev–Trinajstić information content (AvgIpc) is 2.57. The number of para-hydroxylation sites is 1. The Morgan fingerprint density at radius 2 is 2.07 bits per heavy atom. The van der Waals surface area contributed by atoms with Gasteiger partial charge in [0.15, 0.2) is 0 Å². The topological polar surface area (TPSA) is 14.2 Å². The molecule has 0 saturated carbocycles. The van der Waals surface area contributed by atoms with E-state index in [9.17, 15) is 0 Å². The monoisotopic (exact) mass is 203 g/mol. The van der Waals surface area contributed by atoms with Crippen LogP contribution in [0.5, 0.6) is 0 Å². The first kappa shape index (κ1) is 10.2. The van der Waals surface area contributed by atoms with E-state index < -0.39 is 0 Å². The molecule has 1 atom stereocenters. The predicted molar refractivity (Wildman–Crippen MR) is 63.1 cm³/mol. The minimum absolute atomic E-state index is 0.274. The number of aromatic nitrogens is 1. The Bertz CT molecular complexity index is 459. The first-order chi connectivity index (χ1) is 7.22. The number of rotatable bonds is 3. The van der Waals surface area contributed by atoms with Crippen LogP contribution < -0.4 is 0 Å². The maximum atomic E-state index is 5.30. The van der Waals surface area contributed by atoms with Crippen LogP contribution in [0.25, 0.3) is 10.9 Å². The van der Waals surface area contributed by atoms with Crippen molar-refractivity contribution < 1.29 is 4.74 Å². The number of benzene rings is 1. The summed E-state index contributed by atoms with van der Waals surface area (Å²) in [5, 5.41) is 1.34. The number of hydrogen-bond donors (Lipinski definition) is 0. The fourth-order valence-electron chi connectivity index (χ4n) is 1.98. The number of aryl methyl sites for hydroxylation is 1. The molecule has 2 heteroatoms.